The molecule has 1 aromatic carbocycles. The van der Waals surface area contributed by atoms with E-state index in [0.717, 1.165) is 0 Å². The number of esters is 1. The number of hydrogen-bond donors (Lipinski definition) is 2. The Morgan fingerprint density at radius 2 is 2.17 bits per heavy atom. The van der Waals surface area contributed by atoms with Crippen LogP contribution < -0.4 is 11.1 Å². The Hall–Kier alpha value is -1.75. The fourth-order valence-corrected chi connectivity index (χ4v) is 1.54. The molecule has 0 spiro atoms. The lowest BCUT2D eigenvalue weighted by molar-refractivity contribution is -0.142. The van der Waals surface area contributed by atoms with Crippen LogP contribution in [-0.2, 0) is 9.53 Å². The number of nitrogens with one attached hydrogen (secondary N) is 1. The van der Waals surface area contributed by atoms with Crippen LogP contribution in [-0.4, -0.2) is 25.0 Å². The van der Waals surface area contributed by atoms with Crippen molar-refractivity contribution in [1.29, 1.82) is 0 Å². The molecule has 0 saturated heterocycles. The molecule has 5 nitrogen and oxygen atoms in total. The van der Waals surface area contributed by atoms with Gasteiger partial charge >= 0.3 is 5.97 Å². The van der Waals surface area contributed by atoms with Crippen LogP contribution >= 0.6 is 11.6 Å². The number of amides is 1. The fourth-order valence-electron chi connectivity index (χ4n) is 1.33. The van der Waals surface area contributed by atoms with Crippen LogP contribution in [0.4, 0.5) is 5.69 Å². The molecule has 0 saturated carbocycles. The topological polar surface area (TPSA) is 81.4 Å². The minimum Gasteiger partial charge on any atom is -0.466 e. The van der Waals surface area contributed by atoms with Gasteiger partial charge in [-0.05, 0) is 19.1 Å². The number of carbonyl (C=O) groups excluding carboxylic acids is 2. The van der Waals surface area contributed by atoms with Crippen molar-refractivity contribution in [3.63, 3.8) is 0 Å². The zero-order chi connectivity index (χ0) is 13.5. The summed E-state index contributed by atoms with van der Waals surface area (Å²) in [4.78, 5) is 22.8. The van der Waals surface area contributed by atoms with E-state index >= 15 is 0 Å². The minimum atomic E-state index is -0.364. The lowest BCUT2D eigenvalue weighted by atomic mass is 10.2. The van der Waals surface area contributed by atoms with Gasteiger partial charge in [0.25, 0.3) is 5.91 Å². The smallest absolute Gasteiger partial charge is 0.307 e. The van der Waals surface area contributed by atoms with E-state index in [-0.39, 0.29) is 29.9 Å². The zero-order valence-electron chi connectivity index (χ0n) is 10.0. The van der Waals surface area contributed by atoms with Crippen molar-refractivity contribution in [3.05, 3.63) is 28.8 Å². The first-order chi connectivity index (χ1) is 8.56. The molecule has 0 radical (unpaired) electrons. The predicted octanol–water partition coefficient (Wildman–Crippen LogP) is 1.61. The second kappa shape index (κ2) is 6.86. The normalized spacial score (nSPS) is 9.89. The number of rotatable bonds is 5. The monoisotopic (exact) mass is 270 g/mol. The first-order valence-corrected chi connectivity index (χ1v) is 5.91. The molecule has 0 atom stereocenters. The van der Waals surface area contributed by atoms with Gasteiger partial charge in [0.05, 0.1) is 29.3 Å². The Balaban J connectivity index is 2.51. The van der Waals surface area contributed by atoms with Gasteiger partial charge in [0.2, 0.25) is 0 Å². The van der Waals surface area contributed by atoms with Gasteiger partial charge < -0.3 is 15.8 Å². The number of anilines is 1. The SMILES string of the molecule is CCOC(=O)CCNC(=O)c1cccc(N)c1Cl. The van der Waals surface area contributed by atoms with Crippen LogP contribution in [0.5, 0.6) is 0 Å². The molecule has 0 aliphatic carbocycles. The summed E-state index contributed by atoms with van der Waals surface area (Å²) in [5.74, 6) is -0.715. The maximum absolute atomic E-state index is 11.8. The lowest BCUT2D eigenvalue weighted by Gasteiger charge is -2.07. The maximum Gasteiger partial charge on any atom is 0.307 e. The highest BCUT2D eigenvalue weighted by molar-refractivity contribution is 6.36. The van der Waals surface area contributed by atoms with Crippen molar-refractivity contribution in [2.24, 2.45) is 0 Å². The number of benzene rings is 1. The summed E-state index contributed by atoms with van der Waals surface area (Å²) < 4.78 is 4.74. The average molecular weight is 271 g/mol. The van der Waals surface area contributed by atoms with Gasteiger partial charge in [-0.2, -0.15) is 0 Å². The van der Waals surface area contributed by atoms with Crippen molar-refractivity contribution in [2.75, 3.05) is 18.9 Å². The van der Waals surface area contributed by atoms with Crippen LogP contribution in [0, 0.1) is 0 Å². The highest BCUT2D eigenvalue weighted by Crippen LogP contribution is 2.22. The minimum absolute atomic E-state index is 0.125. The summed E-state index contributed by atoms with van der Waals surface area (Å²) in [5.41, 5.74) is 6.22. The summed E-state index contributed by atoms with van der Waals surface area (Å²) in [7, 11) is 0. The number of carbonyl (C=O) groups is 2. The Morgan fingerprint density at radius 1 is 1.44 bits per heavy atom. The van der Waals surface area contributed by atoms with Crippen LogP contribution in [0.25, 0.3) is 0 Å². The van der Waals surface area contributed by atoms with Crippen molar-refractivity contribution < 1.29 is 14.3 Å². The molecule has 0 unspecified atom stereocenters. The van der Waals surface area contributed by atoms with Crippen LogP contribution in [0.1, 0.15) is 23.7 Å². The second-order valence-electron chi connectivity index (χ2n) is 3.52. The standard InChI is InChI=1S/C12H15ClN2O3/c1-2-18-10(16)6-7-15-12(17)8-4-3-5-9(14)11(8)13/h3-5H,2,6-7,14H2,1H3,(H,15,17). The van der Waals surface area contributed by atoms with E-state index in [0.29, 0.717) is 17.9 Å². The Bertz CT molecular complexity index is 449. The molecule has 1 rings (SSSR count). The van der Waals surface area contributed by atoms with Crippen molar-refractivity contribution >= 4 is 29.2 Å². The molecule has 3 N–H and O–H groups in total. The van der Waals surface area contributed by atoms with E-state index in [2.05, 4.69) is 5.32 Å². The van der Waals surface area contributed by atoms with Gasteiger partial charge in [0.1, 0.15) is 0 Å². The fraction of sp³-hybridized carbons (Fsp3) is 0.333. The Morgan fingerprint density at radius 3 is 2.83 bits per heavy atom. The average Bonchev–Trinajstić information content (AvgIpc) is 2.33. The molecule has 1 aromatic rings. The maximum atomic E-state index is 11.8. The molecule has 98 valence electrons. The lowest BCUT2D eigenvalue weighted by Crippen LogP contribution is -2.26. The molecule has 0 fully saturated rings. The number of hydrogen-bond acceptors (Lipinski definition) is 4. The summed E-state index contributed by atoms with van der Waals surface area (Å²) in [6, 6.07) is 4.82. The van der Waals surface area contributed by atoms with Crippen LogP contribution in [0.2, 0.25) is 5.02 Å². The van der Waals surface area contributed by atoms with Crippen molar-refractivity contribution in [1.82, 2.24) is 5.32 Å². The third kappa shape index (κ3) is 3.92. The summed E-state index contributed by atoms with van der Waals surface area (Å²) >= 11 is 5.90. The molecule has 0 aromatic heterocycles. The quantitative estimate of drug-likeness (QED) is 0.629. The third-order valence-corrected chi connectivity index (χ3v) is 2.62. The first kappa shape index (κ1) is 14.3. The highest BCUT2D eigenvalue weighted by atomic mass is 35.5. The third-order valence-electron chi connectivity index (χ3n) is 2.19. The molecular weight excluding hydrogens is 256 g/mol. The van der Waals surface area contributed by atoms with Crippen molar-refractivity contribution in [2.45, 2.75) is 13.3 Å². The molecule has 1 amide bonds. The highest BCUT2D eigenvalue weighted by Gasteiger charge is 2.12. The Labute approximate surface area is 110 Å². The molecule has 0 aliphatic heterocycles. The molecule has 18 heavy (non-hydrogen) atoms. The van der Waals surface area contributed by atoms with E-state index in [9.17, 15) is 9.59 Å². The molecule has 0 heterocycles. The van der Waals surface area contributed by atoms with Gasteiger partial charge in [-0.15, -0.1) is 0 Å². The number of nitrogens with two attached hydrogens (primary N) is 1. The van der Waals surface area contributed by atoms with Gasteiger partial charge in [0.15, 0.2) is 0 Å². The summed E-state index contributed by atoms with van der Waals surface area (Å²) in [5, 5.41) is 2.79. The molecule has 0 aliphatic rings. The van der Waals surface area contributed by atoms with Gasteiger partial charge in [-0.25, -0.2) is 0 Å². The molecular formula is C12H15ClN2O3. The van der Waals surface area contributed by atoms with Crippen LogP contribution in [0.3, 0.4) is 0 Å². The molecule has 0 bridgehead atoms. The van der Waals surface area contributed by atoms with Gasteiger partial charge in [0, 0.05) is 6.54 Å². The number of halogens is 1. The summed E-state index contributed by atoms with van der Waals surface area (Å²) in [6.45, 7) is 2.25. The van der Waals surface area contributed by atoms with Gasteiger partial charge in [-0.1, -0.05) is 17.7 Å². The number of nitrogen functional groups attached to an aromatic ring is 1. The number of ether oxygens (including phenoxy) is 1. The summed E-state index contributed by atoms with van der Waals surface area (Å²) in [6.07, 6.45) is 0.125. The van der Waals surface area contributed by atoms with E-state index in [1.165, 1.54) is 0 Å². The van der Waals surface area contributed by atoms with Crippen LogP contribution in [0.15, 0.2) is 18.2 Å². The van der Waals surface area contributed by atoms with Gasteiger partial charge in [-0.3, -0.25) is 9.59 Å². The van der Waals surface area contributed by atoms with Crippen molar-refractivity contribution in [3.8, 4) is 0 Å². The Kier molecular flexibility index (Phi) is 5.45. The van der Waals surface area contributed by atoms with E-state index in [1.807, 2.05) is 0 Å². The molecule has 6 heteroatoms. The zero-order valence-corrected chi connectivity index (χ0v) is 10.8. The predicted molar refractivity (Wildman–Crippen MR) is 69.4 cm³/mol. The first-order valence-electron chi connectivity index (χ1n) is 5.54. The second-order valence-corrected chi connectivity index (χ2v) is 3.90. The van der Waals surface area contributed by atoms with E-state index < -0.39 is 0 Å². The van der Waals surface area contributed by atoms with E-state index in [4.69, 9.17) is 22.1 Å². The van der Waals surface area contributed by atoms with E-state index in [1.54, 1.807) is 25.1 Å². The largest absolute Gasteiger partial charge is 0.466 e.